The van der Waals surface area contributed by atoms with Crippen molar-refractivity contribution in [1.82, 2.24) is 0 Å². The van der Waals surface area contributed by atoms with Gasteiger partial charge in [0.25, 0.3) is 0 Å². The summed E-state index contributed by atoms with van der Waals surface area (Å²) in [4.78, 5) is 0. The number of hydrogen-bond donors (Lipinski definition) is 2. The molecule has 0 saturated carbocycles. The molecule has 1 aromatic rings. The number of para-hydroxylation sites is 1. The number of fused-ring (bicyclic) bond motifs is 1. The molecule has 1 heterocycles. The molecule has 3 N–H and O–H groups in total. The van der Waals surface area contributed by atoms with Crippen molar-refractivity contribution < 1.29 is 14.6 Å². The number of hydrogen-bond acceptors (Lipinski definition) is 4. The minimum absolute atomic E-state index is 0.132. The van der Waals surface area contributed by atoms with Crippen LogP contribution in [0.25, 0.3) is 0 Å². The number of benzene rings is 1. The summed E-state index contributed by atoms with van der Waals surface area (Å²) in [5.41, 5.74) is 5.62. The monoisotopic (exact) mass is 279 g/mol. The molecule has 4 heteroatoms. The summed E-state index contributed by atoms with van der Waals surface area (Å²) in [5, 5.41) is 10.0. The van der Waals surface area contributed by atoms with E-state index in [4.69, 9.17) is 15.2 Å². The van der Waals surface area contributed by atoms with Gasteiger partial charge in [0.15, 0.2) is 11.5 Å². The first-order chi connectivity index (χ1) is 9.22. The van der Waals surface area contributed by atoms with Crippen LogP contribution in [0.3, 0.4) is 0 Å². The third kappa shape index (κ3) is 3.44. The second kappa shape index (κ2) is 5.26. The highest BCUT2D eigenvalue weighted by Gasteiger charge is 2.33. The van der Waals surface area contributed by atoms with Gasteiger partial charge in [0.2, 0.25) is 0 Å². The molecule has 0 radical (unpaired) electrons. The normalized spacial score (nSPS) is 20.7. The molecule has 0 saturated heterocycles. The van der Waals surface area contributed by atoms with Crippen molar-refractivity contribution in [3.05, 3.63) is 23.8 Å². The third-order valence-electron chi connectivity index (χ3n) is 3.55. The smallest absolute Gasteiger partial charge is 0.165 e. The lowest BCUT2D eigenvalue weighted by molar-refractivity contribution is 0.0222. The van der Waals surface area contributed by atoms with E-state index in [1.54, 1.807) is 6.92 Å². The molecule has 2 atom stereocenters. The molecule has 0 bridgehead atoms. The van der Waals surface area contributed by atoms with E-state index in [0.717, 1.165) is 17.9 Å². The zero-order chi connectivity index (χ0) is 15.0. The number of rotatable bonds is 5. The second-order valence-electron chi connectivity index (χ2n) is 6.62. The number of ether oxygens (including phenoxy) is 2. The number of aliphatic hydroxyl groups is 1. The van der Waals surface area contributed by atoms with Gasteiger partial charge in [-0.25, -0.2) is 0 Å². The van der Waals surface area contributed by atoms with Crippen molar-refractivity contribution in [2.45, 2.75) is 57.8 Å². The standard InChI is InChI=1S/C16H25NO3/c1-11(8-16(4,18)10-17)19-13-7-5-6-12-9-15(2,3)20-14(12)13/h5-7,11,18H,8-10,17H2,1-4H3. The molecule has 4 nitrogen and oxygen atoms in total. The molecular formula is C16H25NO3. The van der Waals surface area contributed by atoms with Gasteiger partial charge in [-0.3, -0.25) is 0 Å². The molecule has 0 spiro atoms. The third-order valence-corrected chi connectivity index (χ3v) is 3.55. The van der Waals surface area contributed by atoms with Crippen molar-refractivity contribution in [1.29, 1.82) is 0 Å². The average molecular weight is 279 g/mol. The molecule has 0 aromatic heterocycles. The van der Waals surface area contributed by atoms with Crippen LogP contribution in [-0.2, 0) is 6.42 Å². The van der Waals surface area contributed by atoms with E-state index in [9.17, 15) is 5.11 Å². The second-order valence-corrected chi connectivity index (χ2v) is 6.62. The fourth-order valence-electron chi connectivity index (χ4n) is 2.64. The summed E-state index contributed by atoms with van der Waals surface area (Å²) in [6.07, 6.45) is 1.23. The van der Waals surface area contributed by atoms with E-state index in [1.807, 2.05) is 19.1 Å². The van der Waals surface area contributed by atoms with Crippen LogP contribution in [0.15, 0.2) is 18.2 Å². The van der Waals surface area contributed by atoms with E-state index >= 15 is 0 Å². The molecule has 0 amide bonds. The lowest BCUT2D eigenvalue weighted by Crippen LogP contribution is -2.38. The van der Waals surface area contributed by atoms with Crippen molar-refractivity contribution in [2.75, 3.05) is 6.54 Å². The van der Waals surface area contributed by atoms with Crippen LogP contribution in [0, 0.1) is 0 Å². The summed E-state index contributed by atoms with van der Waals surface area (Å²) in [6.45, 7) is 8.02. The highest BCUT2D eigenvalue weighted by Crippen LogP contribution is 2.42. The van der Waals surface area contributed by atoms with Crippen LogP contribution in [0.2, 0.25) is 0 Å². The molecule has 0 fully saturated rings. The Morgan fingerprint density at radius 3 is 2.85 bits per heavy atom. The summed E-state index contributed by atoms with van der Waals surface area (Å²) in [5.74, 6) is 1.57. The number of nitrogens with two attached hydrogens (primary N) is 1. The van der Waals surface area contributed by atoms with Crippen LogP contribution in [0.5, 0.6) is 11.5 Å². The Balaban J connectivity index is 2.11. The summed E-state index contributed by atoms with van der Waals surface area (Å²) in [7, 11) is 0. The Labute approximate surface area is 120 Å². The molecular weight excluding hydrogens is 254 g/mol. The Morgan fingerprint density at radius 2 is 2.20 bits per heavy atom. The fourth-order valence-corrected chi connectivity index (χ4v) is 2.64. The van der Waals surface area contributed by atoms with Gasteiger partial charge in [-0.15, -0.1) is 0 Å². The van der Waals surface area contributed by atoms with Gasteiger partial charge in [-0.05, 0) is 33.8 Å². The SMILES string of the molecule is CC(CC(C)(O)CN)Oc1cccc2c1OC(C)(C)C2. The van der Waals surface area contributed by atoms with Crippen molar-refractivity contribution in [2.24, 2.45) is 5.73 Å². The van der Waals surface area contributed by atoms with Crippen molar-refractivity contribution >= 4 is 0 Å². The Hall–Kier alpha value is -1.26. The van der Waals surface area contributed by atoms with Crippen LogP contribution >= 0.6 is 0 Å². The zero-order valence-corrected chi connectivity index (χ0v) is 12.8. The van der Waals surface area contributed by atoms with Crippen LogP contribution in [-0.4, -0.2) is 29.0 Å². The Kier molecular flexibility index (Phi) is 3.98. The van der Waals surface area contributed by atoms with Gasteiger partial charge in [0, 0.05) is 24.9 Å². The summed E-state index contributed by atoms with van der Waals surface area (Å²) in [6, 6.07) is 5.96. The molecule has 20 heavy (non-hydrogen) atoms. The van der Waals surface area contributed by atoms with Crippen LogP contribution in [0.4, 0.5) is 0 Å². The first kappa shape index (κ1) is 15.1. The fraction of sp³-hybridized carbons (Fsp3) is 0.625. The lowest BCUT2D eigenvalue weighted by atomic mass is 9.99. The maximum absolute atomic E-state index is 10.0. The molecule has 1 aromatic carbocycles. The van der Waals surface area contributed by atoms with E-state index in [-0.39, 0.29) is 18.2 Å². The van der Waals surface area contributed by atoms with Gasteiger partial charge in [-0.2, -0.15) is 0 Å². The van der Waals surface area contributed by atoms with E-state index in [2.05, 4.69) is 19.9 Å². The summed E-state index contributed by atoms with van der Waals surface area (Å²) < 4.78 is 11.9. The first-order valence-electron chi connectivity index (χ1n) is 7.12. The predicted octanol–water partition coefficient (Wildman–Crippen LogP) is 2.27. The first-order valence-corrected chi connectivity index (χ1v) is 7.12. The van der Waals surface area contributed by atoms with Gasteiger partial charge in [0.1, 0.15) is 5.60 Å². The van der Waals surface area contributed by atoms with Gasteiger partial charge in [0.05, 0.1) is 11.7 Å². The Morgan fingerprint density at radius 1 is 1.50 bits per heavy atom. The van der Waals surface area contributed by atoms with Crippen LogP contribution < -0.4 is 15.2 Å². The van der Waals surface area contributed by atoms with E-state index in [1.165, 1.54) is 5.56 Å². The zero-order valence-electron chi connectivity index (χ0n) is 12.8. The topological polar surface area (TPSA) is 64.7 Å². The lowest BCUT2D eigenvalue weighted by Gasteiger charge is -2.26. The largest absolute Gasteiger partial charge is 0.487 e. The maximum atomic E-state index is 10.0. The summed E-state index contributed by atoms with van der Waals surface area (Å²) >= 11 is 0. The average Bonchev–Trinajstić information content (AvgIpc) is 2.63. The van der Waals surface area contributed by atoms with Crippen molar-refractivity contribution in [3.63, 3.8) is 0 Å². The van der Waals surface area contributed by atoms with Crippen LogP contribution in [0.1, 0.15) is 39.7 Å². The molecule has 0 aliphatic carbocycles. The maximum Gasteiger partial charge on any atom is 0.165 e. The molecule has 1 aliphatic heterocycles. The minimum atomic E-state index is -0.905. The molecule has 2 rings (SSSR count). The highest BCUT2D eigenvalue weighted by atomic mass is 16.5. The molecule has 2 unspecified atom stereocenters. The van der Waals surface area contributed by atoms with E-state index < -0.39 is 5.60 Å². The minimum Gasteiger partial charge on any atom is -0.487 e. The highest BCUT2D eigenvalue weighted by molar-refractivity contribution is 5.50. The van der Waals surface area contributed by atoms with Gasteiger partial charge < -0.3 is 20.3 Å². The van der Waals surface area contributed by atoms with E-state index in [0.29, 0.717) is 6.42 Å². The molecule has 1 aliphatic rings. The molecule has 112 valence electrons. The predicted molar refractivity (Wildman–Crippen MR) is 79.2 cm³/mol. The van der Waals surface area contributed by atoms with Gasteiger partial charge in [-0.1, -0.05) is 12.1 Å². The van der Waals surface area contributed by atoms with Gasteiger partial charge >= 0.3 is 0 Å². The quantitative estimate of drug-likeness (QED) is 0.868. The van der Waals surface area contributed by atoms with Crippen molar-refractivity contribution in [3.8, 4) is 11.5 Å². The Bertz CT molecular complexity index is 483.